The molecule has 1 aromatic carbocycles. The lowest BCUT2D eigenvalue weighted by molar-refractivity contribution is 1.26. The predicted octanol–water partition coefficient (Wildman–Crippen LogP) is 3.62. The molecule has 0 heterocycles. The first-order valence-corrected chi connectivity index (χ1v) is 4.79. The molecule has 0 atom stereocenters. The van der Waals surface area contributed by atoms with E-state index in [1.165, 1.54) is 0 Å². The Balaban J connectivity index is 3.06. The topological polar surface area (TPSA) is 26.0 Å². The van der Waals surface area contributed by atoms with Crippen molar-refractivity contribution in [1.29, 1.82) is 0 Å². The summed E-state index contributed by atoms with van der Waals surface area (Å²) in [6, 6.07) is 3.48. The Morgan fingerprint density at radius 2 is 1.69 bits per heavy atom. The third-order valence-electron chi connectivity index (χ3n) is 1.45. The Morgan fingerprint density at radius 1 is 1.15 bits per heavy atom. The monoisotopic (exact) mass is 235 g/mol. The molecule has 0 radical (unpaired) electrons. The molecule has 0 unspecified atom stereocenters. The maximum Gasteiger partial charge on any atom is 0.0778 e. The summed E-state index contributed by atoms with van der Waals surface area (Å²) in [5.41, 5.74) is 6.20. The molecule has 0 fully saturated rings. The Labute approximate surface area is 92.1 Å². The molecule has 0 spiro atoms. The molecule has 1 nitrogen and oxygen atoms in total. The highest BCUT2D eigenvalue weighted by Crippen LogP contribution is 2.31. The molecule has 13 heavy (non-hydrogen) atoms. The minimum Gasteiger partial charge on any atom is -0.327 e. The first kappa shape index (κ1) is 10.9. The summed E-state index contributed by atoms with van der Waals surface area (Å²) < 4.78 is 0. The van der Waals surface area contributed by atoms with Crippen molar-refractivity contribution < 1.29 is 0 Å². The van der Waals surface area contributed by atoms with Crippen LogP contribution in [0.15, 0.2) is 18.2 Å². The minimum absolute atomic E-state index is 0.383. The molecule has 0 saturated carbocycles. The van der Waals surface area contributed by atoms with Crippen molar-refractivity contribution in [2.24, 2.45) is 5.73 Å². The highest BCUT2D eigenvalue weighted by molar-refractivity contribution is 6.48. The number of hydrogen-bond donors (Lipinski definition) is 1. The van der Waals surface area contributed by atoms with Gasteiger partial charge in [0, 0.05) is 6.54 Å². The van der Waals surface area contributed by atoms with Crippen LogP contribution in [0.4, 0.5) is 0 Å². The minimum atomic E-state index is 0.383. The molecule has 1 rings (SSSR count). The maximum atomic E-state index is 5.82. The average molecular weight is 237 g/mol. The third kappa shape index (κ3) is 2.89. The van der Waals surface area contributed by atoms with Crippen LogP contribution >= 0.6 is 34.8 Å². The molecule has 0 bridgehead atoms. The quantitative estimate of drug-likeness (QED) is 0.780. The van der Waals surface area contributed by atoms with Crippen LogP contribution in [-0.2, 0) is 0 Å². The molecule has 2 N–H and O–H groups in total. The van der Waals surface area contributed by atoms with E-state index in [4.69, 9.17) is 40.5 Å². The number of hydrogen-bond acceptors (Lipinski definition) is 1. The Hall–Kier alpha value is -0.210. The van der Waals surface area contributed by atoms with Gasteiger partial charge in [-0.1, -0.05) is 47.0 Å². The number of nitrogens with two attached hydrogens (primary N) is 1. The fourth-order valence-electron chi connectivity index (χ4n) is 0.875. The summed E-state index contributed by atoms with van der Waals surface area (Å²) in [5.74, 6) is 0. The highest BCUT2D eigenvalue weighted by Gasteiger charge is 2.03. The number of rotatable bonds is 2. The lowest BCUT2D eigenvalue weighted by Gasteiger charge is -2.00. The predicted molar refractivity (Wildman–Crippen MR) is 59.6 cm³/mol. The van der Waals surface area contributed by atoms with Gasteiger partial charge in [0.15, 0.2) is 0 Å². The molecule has 0 amide bonds. The van der Waals surface area contributed by atoms with Crippen molar-refractivity contribution in [3.05, 3.63) is 38.8 Å². The van der Waals surface area contributed by atoms with Gasteiger partial charge in [-0.05, 0) is 17.7 Å². The second-order valence-electron chi connectivity index (χ2n) is 2.44. The number of halogens is 3. The van der Waals surface area contributed by atoms with Crippen molar-refractivity contribution in [3.8, 4) is 0 Å². The largest absolute Gasteiger partial charge is 0.327 e. The molecular weight excluding hydrogens is 228 g/mol. The zero-order valence-corrected chi connectivity index (χ0v) is 9.00. The van der Waals surface area contributed by atoms with Gasteiger partial charge in [0.05, 0.1) is 15.1 Å². The molecular formula is C9H8Cl3N. The molecule has 70 valence electrons. The second-order valence-corrected chi connectivity index (χ2v) is 3.63. The SMILES string of the molecule is NCC=Cc1cc(Cl)c(Cl)c(Cl)c1. The van der Waals surface area contributed by atoms with E-state index in [9.17, 15) is 0 Å². The van der Waals surface area contributed by atoms with E-state index in [0.29, 0.717) is 21.6 Å². The highest BCUT2D eigenvalue weighted by atomic mass is 35.5. The van der Waals surface area contributed by atoms with Gasteiger partial charge in [-0.15, -0.1) is 0 Å². The normalized spacial score (nSPS) is 11.1. The second kappa shape index (κ2) is 4.87. The van der Waals surface area contributed by atoms with Gasteiger partial charge in [-0.25, -0.2) is 0 Å². The summed E-state index contributed by atoms with van der Waals surface area (Å²) in [6.07, 6.45) is 3.66. The van der Waals surface area contributed by atoms with Crippen molar-refractivity contribution in [1.82, 2.24) is 0 Å². The van der Waals surface area contributed by atoms with E-state index in [1.54, 1.807) is 12.1 Å². The van der Waals surface area contributed by atoms with Gasteiger partial charge in [-0.3, -0.25) is 0 Å². The van der Waals surface area contributed by atoms with Crippen molar-refractivity contribution >= 4 is 40.9 Å². The summed E-state index contributed by atoms with van der Waals surface area (Å²) in [6.45, 7) is 0.484. The molecule has 0 aromatic heterocycles. The van der Waals surface area contributed by atoms with E-state index in [-0.39, 0.29) is 0 Å². The zero-order chi connectivity index (χ0) is 9.84. The van der Waals surface area contributed by atoms with E-state index in [0.717, 1.165) is 5.56 Å². The third-order valence-corrected chi connectivity index (χ3v) is 2.65. The van der Waals surface area contributed by atoms with Crippen molar-refractivity contribution in [3.63, 3.8) is 0 Å². The fourth-order valence-corrected chi connectivity index (χ4v) is 1.49. The molecule has 1 aromatic rings. The van der Waals surface area contributed by atoms with Crippen LogP contribution in [0.1, 0.15) is 5.56 Å². The van der Waals surface area contributed by atoms with E-state index in [1.807, 2.05) is 12.2 Å². The van der Waals surface area contributed by atoms with Gasteiger partial charge in [0.25, 0.3) is 0 Å². The maximum absolute atomic E-state index is 5.82. The van der Waals surface area contributed by atoms with Gasteiger partial charge >= 0.3 is 0 Å². The van der Waals surface area contributed by atoms with Gasteiger partial charge in [-0.2, -0.15) is 0 Å². The lowest BCUT2D eigenvalue weighted by Crippen LogP contribution is -1.91. The van der Waals surface area contributed by atoms with Crippen molar-refractivity contribution in [2.75, 3.05) is 6.54 Å². The van der Waals surface area contributed by atoms with Crippen LogP contribution in [0, 0.1) is 0 Å². The molecule has 0 saturated heterocycles. The van der Waals surface area contributed by atoms with Crippen LogP contribution in [0.5, 0.6) is 0 Å². The van der Waals surface area contributed by atoms with Crippen LogP contribution in [0.3, 0.4) is 0 Å². The Kier molecular flexibility index (Phi) is 4.07. The van der Waals surface area contributed by atoms with Crippen LogP contribution in [0.25, 0.3) is 6.08 Å². The van der Waals surface area contributed by atoms with Gasteiger partial charge < -0.3 is 5.73 Å². The standard InChI is InChI=1S/C9H8Cl3N/c10-7-4-6(2-1-3-13)5-8(11)9(7)12/h1-2,4-5H,3,13H2. The van der Waals surface area contributed by atoms with Crippen LogP contribution < -0.4 is 5.73 Å². The summed E-state index contributed by atoms with van der Waals surface area (Å²) in [7, 11) is 0. The van der Waals surface area contributed by atoms with E-state index >= 15 is 0 Å². The molecule has 4 heteroatoms. The summed E-state index contributed by atoms with van der Waals surface area (Å²) >= 11 is 17.4. The van der Waals surface area contributed by atoms with Crippen molar-refractivity contribution in [2.45, 2.75) is 0 Å². The van der Waals surface area contributed by atoms with E-state index in [2.05, 4.69) is 0 Å². The fraction of sp³-hybridized carbons (Fsp3) is 0.111. The smallest absolute Gasteiger partial charge is 0.0778 e. The zero-order valence-electron chi connectivity index (χ0n) is 6.73. The van der Waals surface area contributed by atoms with Gasteiger partial charge in [0.2, 0.25) is 0 Å². The van der Waals surface area contributed by atoms with E-state index < -0.39 is 0 Å². The summed E-state index contributed by atoms with van der Waals surface area (Å²) in [4.78, 5) is 0. The molecule has 0 aliphatic carbocycles. The summed E-state index contributed by atoms with van der Waals surface area (Å²) in [5, 5.41) is 1.28. The van der Waals surface area contributed by atoms with Crippen LogP contribution in [-0.4, -0.2) is 6.54 Å². The first-order valence-electron chi connectivity index (χ1n) is 3.66. The van der Waals surface area contributed by atoms with Crippen LogP contribution in [0.2, 0.25) is 15.1 Å². The lowest BCUT2D eigenvalue weighted by atomic mass is 10.2. The number of benzene rings is 1. The molecule has 0 aliphatic rings. The molecule has 0 aliphatic heterocycles. The average Bonchev–Trinajstić information content (AvgIpc) is 2.10. The Morgan fingerprint density at radius 3 is 2.15 bits per heavy atom. The first-order chi connectivity index (χ1) is 6.15. The van der Waals surface area contributed by atoms with Gasteiger partial charge in [0.1, 0.15) is 0 Å². The Bertz CT molecular complexity index is 311.